The van der Waals surface area contributed by atoms with Gasteiger partial charge in [-0.25, -0.2) is 0 Å². The van der Waals surface area contributed by atoms with E-state index in [1.807, 2.05) is 12.1 Å². The summed E-state index contributed by atoms with van der Waals surface area (Å²) in [7, 11) is 0. The van der Waals surface area contributed by atoms with Crippen LogP contribution in [-0.2, 0) is 17.6 Å². The van der Waals surface area contributed by atoms with Gasteiger partial charge in [0.1, 0.15) is 0 Å². The number of hydrogen-bond acceptors (Lipinski definition) is 3. The highest BCUT2D eigenvalue weighted by atomic mass is 35.5. The van der Waals surface area contributed by atoms with Gasteiger partial charge >= 0.3 is 0 Å². The molecule has 3 heterocycles. The minimum Gasteiger partial charge on any atom is -0.381 e. The van der Waals surface area contributed by atoms with Crippen LogP contribution in [0.15, 0.2) is 24.3 Å². The Kier molecular flexibility index (Phi) is 4.38. The summed E-state index contributed by atoms with van der Waals surface area (Å²) in [5.41, 5.74) is 5.11. The minimum atomic E-state index is 0.469. The van der Waals surface area contributed by atoms with E-state index in [0.29, 0.717) is 6.04 Å². The fourth-order valence-corrected chi connectivity index (χ4v) is 3.77. The van der Waals surface area contributed by atoms with Gasteiger partial charge in [0.25, 0.3) is 0 Å². The van der Waals surface area contributed by atoms with Gasteiger partial charge in [-0.2, -0.15) is 5.10 Å². The molecule has 1 fully saturated rings. The topological polar surface area (TPSA) is 39.1 Å². The zero-order valence-corrected chi connectivity index (χ0v) is 14.0. The van der Waals surface area contributed by atoms with Crippen LogP contribution in [0.4, 0.5) is 0 Å². The Morgan fingerprint density at radius 1 is 1.09 bits per heavy atom. The van der Waals surface area contributed by atoms with E-state index >= 15 is 0 Å². The van der Waals surface area contributed by atoms with Crippen LogP contribution in [-0.4, -0.2) is 36.1 Å². The maximum atomic E-state index is 6.05. The standard InChI is InChI=1S/C18H22ClN3O/c19-14-3-1-13(2-4-14)18-16-5-9-20-10-6-17(16)22(21-18)15-7-11-23-12-8-15/h1-4,15,20H,5-12H2. The summed E-state index contributed by atoms with van der Waals surface area (Å²) in [4.78, 5) is 0. The molecule has 4 nitrogen and oxygen atoms in total. The van der Waals surface area contributed by atoms with Gasteiger partial charge in [-0.3, -0.25) is 4.68 Å². The Bertz CT molecular complexity index is 674. The van der Waals surface area contributed by atoms with Crippen molar-refractivity contribution >= 4 is 11.6 Å². The van der Waals surface area contributed by atoms with E-state index in [1.165, 1.54) is 16.8 Å². The molecule has 1 saturated heterocycles. The van der Waals surface area contributed by atoms with Crippen LogP contribution >= 0.6 is 11.6 Å². The summed E-state index contributed by atoms with van der Waals surface area (Å²) >= 11 is 6.05. The molecule has 1 N–H and O–H groups in total. The molecule has 1 aromatic carbocycles. The average molecular weight is 332 g/mol. The van der Waals surface area contributed by atoms with E-state index in [9.17, 15) is 0 Å². The van der Waals surface area contributed by atoms with Crippen LogP contribution in [0, 0.1) is 0 Å². The Morgan fingerprint density at radius 2 is 1.83 bits per heavy atom. The fourth-order valence-electron chi connectivity index (χ4n) is 3.65. The number of halogens is 1. The van der Waals surface area contributed by atoms with E-state index in [0.717, 1.165) is 62.7 Å². The summed E-state index contributed by atoms with van der Waals surface area (Å²) in [6.45, 7) is 3.73. The zero-order valence-electron chi connectivity index (χ0n) is 13.2. The average Bonchev–Trinajstić information content (AvgIpc) is 2.78. The van der Waals surface area contributed by atoms with Crippen molar-refractivity contribution in [3.8, 4) is 11.3 Å². The van der Waals surface area contributed by atoms with Gasteiger partial charge in [0.15, 0.2) is 0 Å². The molecule has 0 bridgehead atoms. The third kappa shape index (κ3) is 3.03. The zero-order chi connectivity index (χ0) is 15.6. The Labute approximate surface area is 141 Å². The van der Waals surface area contributed by atoms with Crippen LogP contribution in [0.3, 0.4) is 0 Å². The molecule has 23 heavy (non-hydrogen) atoms. The summed E-state index contributed by atoms with van der Waals surface area (Å²) in [5, 5.41) is 9.33. The van der Waals surface area contributed by atoms with Crippen molar-refractivity contribution in [2.75, 3.05) is 26.3 Å². The maximum absolute atomic E-state index is 6.05. The lowest BCUT2D eigenvalue weighted by atomic mass is 10.0. The molecule has 2 aromatic rings. The Morgan fingerprint density at radius 3 is 2.61 bits per heavy atom. The van der Waals surface area contributed by atoms with E-state index in [1.54, 1.807) is 0 Å². The number of nitrogens with one attached hydrogen (secondary N) is 1. The number of rotatable bonds is 2. The summed E-state index contributed by atoms with van der Waals surface area (Å²) in [5.74, 6) is 0. The Hall–Kier alpha value is -1.36. The van der Waals surface area contributed by atoms with Crippen molar-refractivity contribution in [2.45, 2.75) is 31.7 Å². The molecule has 5 heteroatoms. The van der Waals surface area contributed by atoms with E-state index in [4.69, 9.17) is 21.4 Å². The van der Waals surface area contributed by atoms with Gasteiger partial charge in [-0.1, -0.05) is 23.7 Å². The van der Waals surface area contributed by atoms with Crippen molar-refractivity contribution in [3.63, 3.8) is 0 Å². The van der Waals surface area contributed by atoms with E-state index in [2.05, 4.69) is 22.1 Å². The lowest BCUT2D eigenvalue weighted by Gasteiger charge is -2.24. The van der Waals surface area contributed by atoms with Crippen molar-refractivity contribution < 1.29 is 4.74 Å². The first-order valence-electron chi connectivity index (χ1n) is 8.47. The van der Waals surface area contributed by atoms with Crippen molar-refractivity contribution in [1.29, 1.82) is 0 Å². The summed E-state index contributed by atoms with van der Waals surface area (Å²) in [6, 6.07) is 8.53. The second-order valence-electron chi connectivity index (χ2n) is 6.32. The van der Waals surface area contributed by atoms with Gasteiger partial charge in [0, 0.05) is 48.0 Å². The molecular weight excluding hydrogens is 310 g/mol. The summed E-state index contributed by atoms with van der Waals surface area (Å²) in [6.07, 6.45) is 4.20. The molecule has 0 amide bonds. The van der Waals surface area contributed by atoms with E-state index in [-0.39, 0.29) is 0 Å². The van der Waals surface area contributed by atoms with Crippen molar-refractivity contribution in [2.24, 2.45) is 0 Å². The highest BCUT2D eigenvalue weighted by molar-refractivity contribution is 6.30. The highest BCUT2D eigenvalue weighted by Crippen LogP contribution is 2.32. The molecule has 4 rings (SSSR count). The van der Waals surface area contributed by atoms with Crippen molar-refractivity contribution in [3.05, 3.63) is 40.5 Å². The molecule has 0 atom stereocenters. The second kappa shape index (κ2) is 6.63. The van der Waals surface area contributed by atoms with Crippen LogP contribution < -0.4 is 5.32 Å². The number of aromatic nitrogens is 2. The monoisotopic (exact) mass is 331 g/mol. The quantitative estimate of drug-likeness (QED) is 0.918. The van der Waals surface area contributed by atoms with Gasteiger partial charge in [-0.05, 0) is 37.9 Å². The molecule has 2 aliphatic heterocycles. The van der Waals surface area contributed by atoms with Crippen LogP contribution in [0.5, 0.6) is 0 Å². The normalized spacial score (nSPS) is 19.3. The first-order chi connectivity index (χ1) is 11.3. The largest absolute Gasteiger partial charge is 0.381 e. The first-order valence-corrected chi connectivity index (χ1v) is 8.85. The molecule has 2 aliphatic rings. The minimum absolute atomic E-state index is 0.469. The SMILES string of the molecule is Clc1ccc(-c2nn(C3CCOCC3)c3c2CCNCC3)cc1. The summed E-state index contributed by atoms with van der Waals surface area (Å²) < 4.78 is 7.83. The van der Waals surface area contributed by atoms with Gasteiger partial charge in [0.05, 0.1) is 11.7 Å². The predicted octanol–water partition coefficient (Wildman–Crippen LogP) is 3.24. The third-order valence-corrected chi connectivity index (χ3v) is 5.12. The second-order valence-corrected chi connectivity index (χ2v) is 6.76. The van der Waals surface area contributed by atoms with Crippen LogP contribution in [0.1, 0.15) is 30.1 Å². The number of nitrogens with zero attached hydrogens (tertiary/aromatic N) is 2. The van der Waals surface area contributed by atoms with Gasteiger partial charge in [0.2, 0.25) is 0 Å². The first kappa shape index (κ1) is 15.2. The number of fused-ring (bicyclic) bond motifs is 1. The molecular formula is C18H22ClN3O. The number of hydrogen-bond donors (Lipinski definition) is 1. The molecule has 0 unspecified atom stereocenters. The number of benzene rings is 1. The molecule has 0 spiro atoms. The molecule has 0 radical (unpaired) electrons. The third-order valence-electron chi connectivity index (χ3n) is 4.86. The molecule has 122 valence electrons. The van der Waals surface area contributed by atoms with E-state index < -0.39 is 0 Å². The smallest absolute Gasteiger partial charge is 0.0958 e. The fraction of sp³-hybridized carbons (Fsp3) is 0.500. The maximum Gasteiger partial charge on any atom is 0.0958 e. The van der Waals surface area contributed by atoms with Gasteiger partial charge < -0.3 is 10.1 Å². The lowest BCUT2D eigenvalue weighted by Crippen LogP contribution is -2.23. The predicted molar refractivity (Wildman–Crippen MR) is 92.0 cm³/mol. The molecule has 0 aliphatic carbocycles. The van der Waals surface area contributed by atoms with Crippen molar-refractivity contribution in [1.82, 2.24) is 15.1 Å². The highest BCUT2D eigenvalue weighted by Gasteiger charge is 2.25. The Balaban J connectivity index is 1.79. The lowest BCUT2D eigenvalue weighted by molar-refractivity contribution is 0.0655. The van der Waals surface area contributed by atoms with Crippen LogP contribution in [0.2, 0.25) is 5.02 Å². The number of ether oxygens (including phenoxy) is 1. The van der Waals surface area contributed by atoms with Crippen LogP contribution in [0.25, 0.3) is 11.3 Å². The molecule has 0 saturated carbocycles. The molecule has 1 aromatic heterocycles. The van der Waals surface area contributed by atoms with Gasteiger partial charge in [-0.15, -0.1) is 0 Å².